The first kappa shape index (κ1) is 17.6. The van der Waals surface area contributed by atoms with Crippen LogP contribution in [0.5, 0.6) is 0 Å². The SMILES string of the molecule is C/C=C\N=C(C)N(C)CCN(C)CC.CC. The van der Waals surface area contributed by atoms with Crippen molar-refractivity contribution in [1.29, 1.82) is 0 Å². The highest BCUT2D eigenvalue weighted by atomic mass is 15.2. The van der Waals surface area contributed by atoms with Crippen LogP contribution in [0.3, 0.4) is 0 Å². The number of hydrogen-bond acceptors (Lipinski definition) is 2. The van der Waals surface area contributed by atoms with Crippen molar-refractivity contribution in [2.45, 2.75) is 34.6 Å². The molecule has 0 radical (unpaired) electrons. The largest absolute Gasteiger partial charge is 0.362 e. The summed E-state index contributed by atoms with van der Waals surface area (Å²) in [7, 11) is 4.21. The first-order chi connectivity index (χ1) is 7.61. The Kier molecular flexibility index (Phi) is 13.4. The summed E-state index contributed by atoms with van der Waals surface area (Å²) in [6, 6.07) is 0. The first-order valence-corrected chi connectivity index (χ1v) is 6.17. The van der Waals surface area contributed by atoms with Gasteiger partial charge in [0.05, 0.1) is 0 Å². The molecule has 0 saturated heterocycles. The first-order valence-electron chi connectivity index (χ1n) is 6.17. The smallest absolute Gasteiger partial charge is 0.101 e. The molecule has 0 heterocycles. The molecule has 0 aromatic heterocycles. The van der Waals surface area contributed by atoms with Crippen molar-refractivity contribution in [3.8, 4) is 0 Å². The van der Waals surface area contributed by atoms with Crippen molar-refractivity contribution in [3.63, 3.8) is 0 Å². The molecule has 0 amide bonds. The van der Waals surface area contributed by atoms with E-state index in [-0.39, 0.29) is 0 Å². The molecule has 96 valence electrons. The molecule has 0 aromatic rings. The van der Waals surface area contributed by atoms with Gasteiger partial charge in [0.2, 0.25) is 0 Å². The minimum atomic E-state index is 1.03. The zero-order valence-electron chi connectivity index (χ0n) is 12.1. The molecular formula is C13H29N3. The van der Waals surface area contributed by atoms with Crippen LogP contribution in [0, 0.1) is 0 Å². The van der Waals surface area contributed by atoms with Crippen LogP contribution in [-0.4, -0.2) is 49.4 Å². The highest BCUT2D eigenvalue weighted by molar-refractivity contribution is 5.79. The van der Waals surface area contributed by atoms with E-state index >= 15 is 0 Å². The van der Waals surface area contributed by atoms with Gasteiger partial charge in [0.1, 0.15) is 5.84 Å². The Labute approximate surface area is 102 Å². The second kappa shape index (κ2) is 12.2. The summed E-state index contributed by atoms with van der Waals surface area (Å²) in [5.41, 5.74) is 0. The third-order valence-corrected chi connectivity index (χ3v) is 2.32. The van der Waals surface area contributed by atoms with Gasteiger partial charge in [0.25, 0.3) is 0 Å². The van der Waals surface area contributed by atoms with Crippen LogP contribution in [0.4, 0.5) is 0 Å². The van der Waals surface area contributed by atoms with Gasteiger partial charge in [0.15, 0.2) is 0 Å². The van der Waals surface area contributed by atoms with Gasteiger partial charge in [-0.2, -0.15) is 0 Å². The Morgan fingerprint density at radius 3 is 2.19 bits per heavy atom. The van der Waals surface area contributed by atoms with E-state index in [1.807, 2.05) is 40.0 Å². The Balaban J connectivity index is 0. The normalized spacial score (nSPS) is 11.6. The fourth-order valence-electron chi connectivity index (χ4n) is 0.922. The van der Waals surface area contributed by atoms with Gasteiger partial charge in [-0.05, 0) is 27.4 Å². The van der Waals surface area contributed by atoms with Crippen molar-refractivity contribution in [3.05, 3.63) is 12.3 Å². The van der Waals surface area contributed by atoms with Gasteiger partial charge in [-0.1, -0.05) is 26.8 Å². The van der Waals surface area contributed by atoms with Gasteiger partial charge in [-0.25, -0.2) is 4.99 Å². The maximum absolute atomic E-state index is 4.29. The van der Waals surface area contributed by atoms with Gasteiger partial charge < -0.3 is 9.80 Å². The molecule has 0 rings (SSSR count). The summed E-state index contributed by atoms with van der Waals surface area (Å²) in [6.45, 7) is 13.4. The second-order valence-electron chi connectivity index (χ2n) is 3.48. The molecular weight excluding hydrogens is 198 g/mol. The summed E-state index contributed by atoms with van der Waals surface area (Å²) in [4.78, 5) is 8.75. The summed E-state index contributed by atoms with van der Waals surface area (Å²) >= 11 is 0. The van der Waals surface area contributed by atoms with Crippen LogP contribution in [0.25, 0.3) is 0 Å². The molecule has 0 bridgehead atoms. The van der Waals surface area contributed by atoms with Crippen molar-refractivity contribution in [1.82, 2.24) is 9.80 Å². The summed E-state index contributed by atoms with van der Waals surface area (Å²) in [5.74, 6) is 1.06. The molecule has 0 spiro atoms. The number of amidine groups is 1. The number of allylic oxidation sites excluding steroid dienone is 1. The molecule has 0 saturated carbocycles. The molecule has 3 nitrogen and oxygen atoms in total. The fourth-order valence-corrected chi connectivity index (χ4v) is 0.922. The molecule has 0 atom stereocenters. The minimum Gasteiger partial charge on any atom is -0.362 e. The average Bonchev–Trinajstić information content (AvgIpc) is 2.34. The quantitative estimate of drug-likeness (QED) is 0.531. The molecule has 16 heavy (non-hydrogen) atoms. The Morgan fingerprint density at radius 2 is 1.75 bits per heavy atom. The number of likely N-dealkylation sites (N-methyl/N-ethyl adjacent to an activating group) is 2. The lowest BCUT2D eigenvalue weighted by atomic mass is 10.4. The monoisotopic (exact) mass is 227 g/mol. The molecule has 0 unspecified atom stereocenters. The molecule has 0 aliphatic carbocycles. The van der Waals surface area contributed by atoms with E-state index < -0.39 is 0 Å². The maximum Gasteiger partial charge on any atom is 0.101 e. The van der Waals surface area contributed by atoms with Crippen LogP contribution in [-0.2, 0) is 0 Å². The Hall–Kier alpha value is -0.830. The van der Waals surface area contributed by atoms with Crippen molar-refractivity contribution >= 4 is 5.84 Å². The van der Waals surface area contributed by atoms with E-state index in [0.717, 1.165) is 25.5 Å². The predicted octanol–water partition coefficient (Wildman–Crippen LogP) is 2.85. The van der Waals surface area contributed by atoms with Gasteiger partial charge in [-0.15, -0.1) is 0 Å². The van der Waals surface area contributed by atoms with E-state index in [2.05, 4.69) is 35.8 Å². The average molecular weight is 227 g/mol. The van der Waals surface area contributed by atoms with E-state index in [1.54, 1.807) is 0 Å². The lowest BCUT2D eigenvalue weighted by molar-refractivity contribution is 0.318. The number of aliphatic imine (C=N–C) groups is 1. The molecule has 0 aliphatic heterocycles. The Bertz CT molecular complexity index is 197. The van der Waals surface area contributed by atoms with Crippen LogP contribution in [0.2, 0.25) is 0 Å². The molecule has 3 heteroatoms. The minimum absolute atomic E-state index is 1.03. The Morgan fingerprint density at radius 1 is 1.19 bits per heavy atom. The van der Waals surface area contributed by atoms with Crippen molar-refractivity contribution in [2.75, 3.05) is 33.7 Å². The van der Waals surface area contributed by atoms with Crippen LogP contribution in [0.1, 0.15) is 34.6 Å². The van der Waals surface area contributed by atoms with Gasteiger partial charge >= 0.3 is 0 Å². The number of rotatable bonds is 5. The number of nitrogens with zero attached hydrogens (tertiary/aromatic N) is 3. The molecule has 0 aromatic carbocycles. The van der Waals surface area contributed by atoms with Gasteiger partial charge in [0, 0.05) is 26.3 Å². The van der Waals surface area contributed by atoms with Crippen molar-refractivity contribution < 1.29 is 0 Å². The zero-order chi connectivity index (χ0) is 13.0. The topological polar surface area (TPSA) is 18.8 Å². The fraction of sp³-hybridized carbons (Fsp3) is 0.769. The van der Waals surface area contributed by atoms with E-state index in [1.165, 1.54) is 0 Å². The van der Waals surface area contributed by atoms with E-state index in [9.17, 15) is 0 Å². The van der Waals surface area contributed by atoms with Gasteiger partial charge in [-0.3, -0.25) is 0 Å². The standard InChI is InChI=1S/C11H23N3.C2H6/c1-6-8-12-11(3)14(5)10-9-13(4)7-2;1-2/h6,8H,7,9-10H2,1-5H3;1-2H3/b8-6-,12-11?;. The molecule has 0 N–H and O–H groups in total. The second-order valence-corrected chi connectivity index (χ2v) is 3.48. The lowest BCUT2D eigenvalue weighted by Crippen LogP contribution is -2.33. The summed E-state index contributed by atoms with van der Waals surface area (Å²) < 4.78 is 0. The predicted molar refractivity (Wildman–Crippen MR) is 75.1 cm³/mol. The third-order valence-electron chi connectivity index (χ3n) is 2.32. The zero-order valence-corrected chi connectivity index (χ0v) is 12.1. The van der Waals surface area contributed by atoms with Crippen LogP contribution < -0.4 is 0 Å². The van der Waals surface area contributed by atoms with Crippen LogP contribution >= 0.6 is 0 Å². The molecule has 0 aliphatic rings. The summed E-state index contributed by atoms with van der Waals surface area (Å²) in [5, 5.41) is 0. The lowest BCUT2D eigenvalue weighted by Gasteiger charge is -2.21. The van der Waals surface area contributed by atoms with E-state index in [4.69, 9.17) is 0 Å². The number of hydrogen-bond donors (Lipinski definition) is 0. The van der Waals surface area contributed by atoms with Crippen molar-refractivity contribution in [2.24, 2.45) is 4.99 Å². The van der Waals surface area contributed by atoms with E-state index in [0.29, 0.717) is 0 Å². The highest BCUT2D eigenvalue weighted by Crippen LogP contribution is 1.90. The third kappa shape index (κ3) is 9.71. The molecule has 0 fully saturated rings. The maximum atomic E-state index is 4.29. The van der Waals surface area contributed by atoms with Crippen LogP contribution in [0.15, 0.2) is 17.3 Å². The highest BCUT2D eigenvalue weighted by Gasteiger charge is 2.00. The summed E-state index contributed by atoms with van der Waals surface area (Å²) in [6.07, 6.45) is 3.77.